The summed E-state index contributed by atoms with van der Waals surface area (Å²) >= 11 is 0. The number of hydrogen-bond acceptors (Lipinski definition) is 8. The van der Waals surface area contributed by atoms with Crippen LogP contribution >= 0.6 is 0 Å². The number of nitrogens with two attached hydrogens (primary N) is 1. The van der Waals surface area contributed by atoms with E-state index in [4.69, 9.17) is 10.3 Å². The van der Waals surface area contributed by atoms with Crippen molar-refractivity contribution in [3.63, 3.8) is 0 Å². The standard InChI is InChI=1S/C13H10N6O4/c14-18(10-2-1-5-15-6-10)17-7-9(8-20)13(16-17)11-3-4-12(23-11)19(21)22/h1-8H,14H2. The van der Waals surface area contributed by atoms with Gasteiger partial charge in [0.1, 0.15) is 10.6 Å². The number of aldehydes is 1. The van der Waals surface area contributed by atoms with Crippen LogP contribution in [0.15, 0.2) is 47.3 Å². The zero-order chi connectivity index (χ0) is 16.4. The number of nitrogens with zero attached hydrogens (tertiary/aromatic N) is 5. The Labute approximate surface area is 128 Å². The van der Waals surface area contributed by atoms with Gasteiger partial charge in [-0.15, -0.1) is 5.10 Å². The van der Waals surface area contributed by atoms with Gasteiger partial charge in [0.05, 0.1) is 29.7 Å². The number of nitro groups is 1. The molecule has 0 bridgehead atoms. The molecule has 10 nitrogen and oxygen atoms in total. The average Bonchev–Trinajstić information content (AvgIpc) is 3.21. The smallest absolute Gasteiger partial charge is 0.399 e. The lowest BCUT2D eigenvalue weighted by Gasteiger charge is -2.17. The molecule has 0 aliphatic rings. The second kappa shape index (κ2) is 5.69. The van der Waals surface area contributed by atoms with E-state index in [9.17, 15) is 14.9 Å². The molecule has 116 valence electrons. The van der Waals surface area contributed by atoms with E-state index in [1.165, 1.54) is 34.4 Å². The van der Waals surface area contributed by atoms with Crippen molar-refractivity contribution in [2.24, 2.45) is 5.84 Å². The molecule has 3 aromatic rings. The zero-order valence-corrected chi connectivity index (χ0v) is 11.6. The Morgan fingerprint density at radius 1 is 1.39 bits per heavy atom. The van der Waals surface area contributed by atoms with Crippen LogP contribution in [-0.2, 0) is 0 Å². The molecule has 0 saturated carbocycles. The van der Waals surface area contributed by atoms with Crippen molar-refractivity contribution in [2.45, 2.75) is 0 Å². The highest BCUT2D eigenvalue weighted by molar-refractivity contribution is 5.84. The second-order valence-corrected chi connectivity index (χ2v) is 4.42. The normalized spacial score (nSPS) is 10.5. The first kappa shape index (κ1) is 14.4. The Balaban J connectivity index is 2.00. The van der Waals surface area contributed by atoms with Crippen LogP contribution in [0.3, 0.4) is 0 Å². The van der Waals surface area contributed by atoms with Crippen molar-refractivity contribution in [1.82, 2.24) is 14.9 Å². The molecule has 0 atom stereocenters. The minimum atomic E-state index is -0.675. The van der Waals surface area contributed by atoms with Gasteiger partial charge >= 0.3 is 5.88 Å². The van der Waals surface area contributed by atoms with Gasteiger partial charge in [-0.25, -0.2) is 5.84 Å². The summed E-state index contributed by atoms with van der Waals surface area (Å²) in [5.74, 6) is 5.58. The Kier molecular flexibility index (Phi) is 3.57. The summed E-state index contributed by atoms with van der Waals surface area (Å²) in [4.78, 5) is 26.4. The number of pyridine rings is 1. The highest BCUT2D eigenvalue weighted by Crippen LogP contribution is 2.27. The summed E-state index contributed by atoms with van der Waals surface area (Å²) < 4.78 is 5.07. The van der Waals surface area contributed by atoms with E-state index in [1.807, 2.05) is 0 Å². The van der Waals surface area contributed by atoms with Gasteiger partial charge in [0.25, 0.3) is 0 Å². The van der Waals surface area contributed by atoms with Gasteiger partial charge in [0.15, 0.2) is 12.0 Å². The van der Waals surface area contributed by atoms with Crippen LogP contribution in [0.5, 0.6) is 0 Å². The Morgan fingerprint density at radius 2 is 2.22 bits per heavy atom. The quantitative estimate of drug-likeness (QED) is 0.323. The molecule has 2 N–H and O–H groups in total. The lowest BCUT2D eigenvalue weighted by Crippen LogP contribution is -2.36. The van der Waals surface area contributed by atoms with Crippen LogP contribution in [-0.4, -0.2) is 26.1 Å². The molecule has 0 amide bonds. The number of rotatable bonds is 5. The highest BCUT2D eigenvalue weighted by atomic mass is 16.6. The maximum atomic E-state index is 11.2. The van der Waals surface area contributed by atoms with Gasteiger partial charge in [0, 0.05) is 6.20 Å². The van der Waals surface area contributed by atoms with Gasteiger partial charge in [-0.2, -0.15) is 9.91 Å². The number of hydrazine groups is 1. The van der Waals surface area contributed by atoms with Gasteiger partial charge in [-0.3, -0.25) is 19.9 Å². The third-order valence-corrected chi connectivity index (χ3v) is 2.99. The van der Waals surface area contributed by atoms with Crippen molar-refractivity contribution in [1.29, 1.82) is 0 Å². The number of carbonyl (C=O) groups is 1. The SMILES string of the molecule is NN(c1cccnc1)n1cc(C=O)c(-c2ccc([N+](=O)[O-])o2)n1. The summed E-state index contributed by atoms with van der Waals surface area (Å²) in [6.45, 7) is 0. The number of carbonyl (C=O) groups excluding carboxylic acids is 1. The van der Waals surface area contributed by atoms with E-state index in [-0.39, 0.29) is 17.0 Å². The number of aromatic nitrogens is 3. The van der Waals surface area contributed by atoms with Gasteiger partial charge < -0.3 is 4.42 Å². The van der Waals surface area contributed by atoms with Crippen molar-refractivity contribution >= 4 is 17.9 Å². The van der Waals surface area contributed by atoms with E-state index < -0.39 is 10.8 Å². The molecular formula is C13H10N6O4. The van der Waals surface area contributed by atoms with Gasteiger partial charge in [-0.1, -0.05) is 0 Å². The van der Waals surface area contributed by atoms with Crippen LogP contribution in [0.4, 0.5) is 11.6 Å². The van der Waals surface area contributed by atoms with Gasteiger partial charge in [-0.05, 0) is 18.2 Å². The van der Waals surface area contributed by atoms with Crippen molar-refractivity contribution in [3.05, 3.63) is 58.5 Å². The van der Waals surface area contributed by atoms with Crippen LogP contribution < -0.4 is 11.0 Å². The summed E-state index contributed by atoms with van der Waals surface area (Å²) in [5.41, 5.74) is 0.852. The first-order valence-corrected chi connectivity index (χ1v) is 6.34. The van der Waals surface area contributed by atoms with Crippen molar-refractivity contribution in [3.8, 4) is 11.5 Å². The monoisotopic (exact) mass is 314 g/mol. The summed E-state index contributed by atoms with van der Waals surface area (Å²) in [7, 11) is 0. The van der Waals surface area contributed by atoms with Crippen LogP contribution in [0.25, 0.3) is 11.5 Å². The first-order chi connectivity index (χ1) is 11.1. The molecule has 0 fully saturated rings. The summed E-state index contributed by atoms with van der Waals surface area (Å²) in [5, 5.41) is 16.0. The number of anilines is 1. The lowest BCUT2D eigenvalue weighted by atomic mass is 10.2. The third kappa shape index (κ3) is 2.65. The fraction of sp³-hybridized carbons (Fsp3) is 0. The van der Waals surface area contributed by atoms with E-state index in [0.717, 1.165) is 0 Å². The molecule has 0 spiro atoms. The summed E-state index contributed by atoms with van der Waals surface area (Å²) in [6.07, 6.45) is 5.04. The minimum absolute atomic E-state index is 0.0946. The molecule has 0 aliphatic carbocycles. The molecule has 0 aromatic carbocycles. The molecule has 23 heavy (non-hydrogen) atoms. The van der Waals surface area contributed by atoms with Crippen molar-refractivity contribution < 1.29 is 14.1 Å². The molecule has 3 heterocycles. The predicted octanol–water partition coefficient (Wildman–Crippen LogP) is 1.40. The molecule has 10 heteroatoms. The molecule has 3 rings (SSSR count). The topological polar surface area (TPSA) is 133 Å². The first-order valence-electron chi connectivity index (χ1n) is 6.34. The molecule has 0 unspecified atom stereocenters. The largest absolute Gasteiger partial charge is 0.433 e. The molecular weight excluding hydrogens is 304 g/mol. The number of hydrogen-bond donors (Lipinski definition) is 1. The second-order valence-electron chi connectivity index (χ2n) is 4.42. The maximum Gasteiger partial charge on any atom is 0.433 e. The Hall–Kier alpha value is -3.53. The Morgan fingerprint density at radius 3 is 2.83 bits per heavy atom. The van der Waals surface area contributed by atoms with E-state index in [1.54, 1.807) is 18.3 Å². The minimum Gasteiger partial charge on any atom is -0.399 e. The molecule has 3 aromatic heterocycles. The fourth-order valence-corrected chi connectivity index (χ4v) is 1.92. The highest BCUT2D eigenvalue weighted by Gasteiger charge is 2.20. The van der Waals surface area contributed by atoms with Crippen molar-refractivity contribution in [2.75, 3.05) is 5.12 Å². The van der Waals surface area contributed by atoms with E-state index in [2.05, 4.69) is 10.1 Å². The lowest BCUT2D eigenvalue weighted by molar-refractivity contribution is -0.401. The average molecular weight is 314 g/mol. The fourth-order valence-electron chi connectivity index (χ4n) is 1.92. The Bertz CT molecular complexity index is 856. The van der Waals surface area contributed by atoms with E-state index >= 15 is 0 Å². The third-order valence-electron chi connectivity index (χ3n) is 2.99. The maximum absolute atomic E-state index is 11.2. The van der Waals surface area contributed by atoms with Gasteiger partial charge in [0.2, 0.25) is 0 Å². The zero-order valence-electron chi connectivity index (χ0n) is 11.6. The molecule has 0 aliphatic heterocycles. The molecule has 0 radical (unpaired) electrons. The van der Waals surface area contributed by atoms with E-state index in [0.29, 0.717) is 12.0 Å². The van der Waals surface area contributed by atoms with Crippen LogP contribution in [0.1, 0.15) is 10.4 Å². The summed E-state index contributed by atoms with van der Waals surface area (Å²) in [6, 6.07) is 5.94. The van der Waals surface area contributed by atoms with Crippen LogP contribution in [0, 0.1) is 10.1 Å². The predicted molar refractivity (Wildman–Crippen MR) is 78.3 cm³/mol. The number of furan rings is 1. The molecule has 0 saturated heterocycles. The van der Waals surface area contributed by atoms with Crippen LogP contribution in [0.2, 0.25) is 0 Å².